The van der Waals surface area contributed by atoms with Crippen LogP contribution in [0, 0.1) is 0 Å². The second kappa shape index (κ2) is 6.65. The van der Waals surface area contributed by atoms with E-state index >= 15 is 0 Å². The summed E-state index contributed by atoms with van der Waals surface area (Å²) in [5.74, 6) is 0.00929. The highest BCUT2D eigenvalue weighted by Gasteiger charge is 2.30. The van der Waals surface area contributed by atoms with Crippen molar-refractivity contribution in [2.75, 3.05) is 6.54 Å². The van der Waals surface area contributed by atoms with Crippen LogP contribution in [0.4, 0.5) is 0 Å². The van der Waals surface area contributed by atoms with Crippen LogP contribution in [0.1, 0.15) is 51.8 Å². The molecule has 0 radical (unpaired) electrons. The minimum atomic E-state index is 0.00929. The van der Waals surface area contributed by atoms with E-state index in [1.54, 1.807) is 6.20 Å². The maximum atomic E-state index is 13.2. The fourth-order valence-electron chi connectivity index (χ4n) is 4.29. The molecule has 0 saturated heterocycles. The summed E-state index contributed by atoms with van der Waals surface area (Å²) in [7, 11) is 0. The summed E-state index contributed by atoms with van der Waals surface area (Å²) < 4.78 is 1.94. The van der Waals surface area contributed by atoms with E-state index < -0.39 is 0 Å². The molecule has 2 aliphatic rings. The Balaban J connectivity index is 1.48. The average molecular weight is 358 g/mol. The number of carbonyl (C=O) groups excluding carboxylic acids is 1. The molecule has 1 aliphatic heterocycles. The number of nitrogens with zero attached hydrogens (tertiary/aromatic N) is 4. The zero-order valence-electron chi connectivity index (χ0n) is 15.2. The molecule has 1 atom stereocenters. The van der Waals surface area contributed by atoms with E-state index in [1.807, 2.05) is 34.0 Å². The highest BCUT2D eigenvalue weighted by Crippen LogP contribution is 2.30. The summed E-state index contributed by atoms with van der Waals surface area (Å²) >= 11 is 0. The Labute approximate surface area is 158 Å². The Morgan fingerprint density at radius 3 is 2.78 bits per heavy atom. The minimum Gasteiger partial charge on any atom is -0.330 e. The molecule has 0 saturated carbocycles. The third kappa shape index (κ3) is 2.93. The molecule has 0 fully saturated rings. The summed E-state index contributed by atoms with van der Waals surface area (Å²) in [6, 6.07) is 14.3. The van der Waals surface area contributed by atoms with Gasteiger partial charge in [0.2, 0.25) is 0 Å². The lowest BCUT2D eigenvalue weighted by atomic mass is 9.94. The third-order valence-corrected chi connectivity index (χ3v) is 5.70. The molecule has 0 N–H and O–H groups in total. The molecule has 3 heterocycles. The van der Waals surface area contributed by atoms with E-state index in [0.717, 1.165) is 25.0 Å². The number of fused-ring (bicyclic) bond motifs is 2. The summed E-state index contributed by atoms with van der Waals surface area (Å²) in [5.41, 5.74) is 5.39. The second-order valence-electron chi connectivity index (χ2n) is 7.40. The monoisotopic (exact) mass is 358 g/mol. The molecular weight excluding hydrogens is 336 g/mol. The Bertz CT molecular complexity index is 980. The first-order valence-electron chi connectivity index (χ1n) is 9.64. The Morgan fingerprint density at radius 1 is 1.00 bits per heavy atom. The molecule has 5 nitrogen and oxygen atoms in total. The van der Waals surface area contributed by atoms with Gasteiger partial charge in [-0.1, -0.05) is 30.3 Å². The van der Waals surface area contributed by atoms with E-state index in [2.05, 4.69) is 29.4 Å². The van der Waals surface area contributed by atoms with Gasteiger partial charge >= 0.3 is 0 Å². The van der Waals surface area contributed by atoms with Crippen LogP contribution in [0.2, 0.25) is 0 Å². The summed E-state index contributed by atoms with van der Waals surface area (Å²) in [4.78, 5) is 19.9. The minimum absolute atomic E-state index is 0.00929. The lowest BCUT2D eigenvalue weighted by Crippen LogP contribution is -2.41. The third-order valence-electron chi connectivity index (χ3n) is 5.70. The van der Waals surface area contributed by atoms with E-state index in [4.69, 9.17) is 4.98 Å². The van der Waals surface area contributed by atoms with Gasteiger partial charge in [-0.2, -0.15) is 5.10 Å². The van der Waals surface area contributed by atoms with Crippen molar-refractivity contribution < 1.29 is 4.79 Å². The van der Waals surface area contributed by atoms with E-state index in [1.165, 1.54) is 23.1 Å². The molecule has 3 aromatic rings. The molecular formula is C22H22N4O. The molecule has 0 spiro atoms. The lowest BCUT2D eigenvalue weighted by molar-refractivity contribution is 0.0700. The van der Waals surface area contributed by atoms with Crippen LogP contribution in [-0.2, 0) is 19.4 Å². The smallest absolute Gasteiger partial charge is 0.272 e. The fraction of sp³-hybridized carbons (Fsp3) is 0.318. The van der Waals surface area contributed by atoms with Gasteiger partial charge in [0.05, 0.1) is 6.04 Å². The van der Waals surface area contributed by atoms with Crippen LogP contribution in [0.15, 0.2) is 54.9 Å². The first-order valence-corrected chi connectivity index (χ1v) is 9.64. The van der Waals surface area contributed by atoms with Crippen molar-refractivity contribution in [2.24, 2.45) is 0 Å². The number of aryl methyl sites for hydroxylation is 2. The number of aromatic nitrogens is 3. The predicted molar refractivity (Wildman–Crippen MR) is 102 cm³/mol. The average Bonchev–Trinajstić information content (AvgIpc) is 3.27. The van der Waals surface area contributed by atoms with Gasteiger partial charge in [-0.15, -0.1) is 0 Å². The highest BCUT2D eigenvalue weighted by molar-refractivity contribution is 5.92. The number of benzene rings is 1. The van der Waals surface area contributed by atoms with Gasteiger partial charge in [0.1, 0.15) is 5.69 Å². The van der Waals surface area contributed by atoms with Crippen molar-refractivity contribution in [3.63, 3.8) is 0 Å². The van der Waals surface area contributed by atoms with Crippen LogP contribution >= 0.6 is 0 Å². The van der Waals surface area contributed by atoms with Crippen molar-refractivity contribution in [3.05, 3.63) is 82.9 Å². The van der Waals surface area contributed by atoms with Crippen LogP contribution in [0.25, 0.3) is 0 Å². The number of carbonyl (C=O) groups is 1. The highest BCUT2D eigenvalue weighted by atomic mass is 16.2. The molecule has 0 bridgehead atoms. The van der Waals surface area contributed by atoms with Crippen molar-refractivity contribution >= 4 is 5.91 Å². The van der Waals surface area contributed by atoms with Gasteiger partial charge in [0.25, 0.3) is 5.91 Å². The zero-order valence-corrected chi connectivity index (χ0v) is 15.2. The second-order valence-corrected chi connectivity index (χ2v) is 7.40. The first kappa shape index (κ1) is 16.2. The summed E-state index contributed by atoms with van der Waals surface area (Å²) in [6.45, 7) is 1.22. The molecule has 2 aromatic heterocycles. The molecule has 136 valence electrons. The first-order chi connectivity index (χ1) is 13.3. The van der Waals surface area contributed by atoms with E-state index in [0.29, 0.717) is 18.8 Å². The number of rotatable bonds is 2. The molecule has 27 heavy (non-hydrogen) atoms. The van der Waals surface area contributed by atoms with Gasteiger partial charge in [0.15, 0.2) is 0 Å². The van der Waals surface area contributed by atoms with Crippen LogP contribution < -0.4 is 0 Å². The SMILES string of the molecule is O=C(c1ccc2c(n1)CCCC2)N1Cc2ccccc2[C@@H](n2cccn2)C1. The van der Waals surface area contributed by atoms with Crippen LogP contribution in [0.5, 0.6) is 0 Å². The van der Waals surface area contributed by atoms with Gasteiger partial charge in [0, 0.05) is 31.2 Å². The Kier molecular flexibility index (Phi) is 4.00. The predicted octanol–water partition coefficient (Wildman–Crippen LogP) is 3.40. The zero-order chi connectivity index (χ0) is 18.2. The molecule has 5 rings (SSSR count). The van der Waals surface area contributed by atoms with Gasteiger partial charge in [-0.3, -0.25) is 9.48 Å². The maximum absolute atomic E-state index is 13.2. The van der Waals surface area contributed by atoms with E-state index in [-0.39, 0.29) is 11.9 Å². The lowest BCUT2D eigenvalue weighted by Gasteiger charge is -2.34. The quantitative estimate of drug-likeness (QED) is 0.705. The molecule has 0 unspecified atom stereocenters. The molecule has 1 amide bonds. The Hall–Kier alpha value is -2.95. The van der Waals surface area contributed by atoms with Gasteiger partial charge in [-0.25, -0.2) is 4.98 Å². The van der Waals surface area contributed by atoms with Crippen molar-refractivity contribution in [2.45, 2.75) is 38.3 Å². The van der Waals surface area contributed by atoms with Gasteiger partial charge < -0.3 is 4.90 Å². The summed E-state index contributed by atoms with van der Waals surface area (Å²) in [6.07, 6.45) is 8.19. The summed E-state index contributed by atoms with van der Waals surface area (Å²) in [5, 5.41) is 4.43. The largest absolute Gasteiger partial charge is 0.330 e. The molecule has 5 heteroatoms. The topological polar surface area (TPSA) is 51.0 Å². The normalized spacial score (nSPS) is 18.7. The van der Waals surface area contributed by atoms with E-state index in [9.17, 15) is 4.79 Å². The van der Waals surface area contributed by atoms with Crippen molar-refractivity contribution in [1.82, 2.24) is 19.7 Å². The number of hydrogen-bond acceptors (Lipinski definition) is 3. The maximum Gasteiger partial charge on any atom is 0.272 e. The van der Waals surface area contributed by atoms with Crippen LogP contribution in [0.3, 0.4) is 0 Å². The fourth-order valence-corrected chi connectivity index (χ4v) is 4.29. The molecule has 1 aromatic carbocycles. The standard InChI is InChI=1S/C22H22N4O/c27-22(20-11-10-16-6-2-4-9-19(16)24-20)25-14-17-7-1-3-8-18(17)21(15-25)26-13-5-12-23-26/h1,3,5,7-8,10-13,21H,2,4,6,9,14-15H2/t21-/m0/s1. The van der Waals surface area contributed by atoms with Crippen LogP contribution in [-0.4, -0.2) is 32.1 Å². The molecule has 1 aliphatic carbocycles. The van der Waals surface area contributed by atoms with Crippen molar-refractivity contribution in [1.29, 1.82) is 0 Å². The Morgan fingerprint density at radius 2 is 1.89 bits per heavy atom. The number of amides is 1. The van der Waals surface area contributed by atoms with Gasteiger partial charge in [-0.05, 0) is 54.5 Å². The van der Waals surface area contributed by atoms with Crippen molar-refractivity contribution in [3.8, 4) is 0 Å². The number of pyridine rings is 1. The number of hydrogen-bond donors (Lipinski definition) is 0.